The van der Waals surface area contributed by atoms with Gasteiger partial charge in [0.2, 0.25) is 0 Å². The lowest BCUT2D eigenvalue weighted by atomic mass is 9.69. The third kappa shape index (κ3) is 2.95. The van der Waals surface area contributed by atoms with Crippen molar-refractivity contribution in [3.63, 3.8) is 0 Å². The molecule has 1 fully saturated rings. The Bertz CT molecular complexity index is 1500. The molecule has 4 unspecified atom stereocenters. The van der Waals surface area contributed by atoms with E-state index in [1.165, 1.54) is 0 Å². The van der Waals surface area contributed by atoms with Crippen LogP contribution in [0.4, 0.5) is 0 Å². The lowest BCUT2D eigenvalue weighted by molar-refractivity contribution is -0.129. The monoisotopic (exact) mass is 526 g/mol. The molecule has 8 heteroatoms. The number of ether oxygens (including phenoxy) is 4. The Morgan fingerprint density at radius 1 is 0.974 bits per heavy atom. The molecule has 3 aliphatic heterocycles. The first-order valence-electron chi connectivity index (χ1n) is 13.2. The number of hydrogen-bond acceptors (Lipinski definition) is 7. The minimum atomic E-state index is -1.77. The highest BCUT2D eigenvalue weighted by Gasteiger charge is 2.75. The van der Waals surface area contributed by atoms with Crippen molar-refractivity contribution in [1.29, 1.82) is 0 Å². The van der Waals surface area contributed by atoms with Gasteiger partial charge in [-0.1, -0.05) is 42.5 Å². The Labute approximate surface area is 226 Å². The summed E-state index contributed by atoms with van der Waals surface area (Å²) in [6.07, 6.45) is 1.50. The maximum atomic E-state index is 14.3. The van der Waals surface area contributed by atoms with Gasteiger partial charge in [0, 0.05) is 24.2 Å². The molecule has 0 radical (unpaired) electrons. The van der Waals surface area contributed by atoms with Gasteiger partial charge in [-0.2, -0.15) is 0 Å². The summed E-state index contributed by atoms with van der Waals surface area (Å²) in [5.74, 6) is 1.38. The fraction of sp³-hybridized carbons (Fsp3) is 0.323. The molecule has 39 heavy (non-hydrogen) atoms. The van der Waals surface area contributed by atoms with Crippen LogP contribution in [0.3, 0.4) is 0 Å². The second-order valence-corrected chi connectivity index (χ2v) is 10.4. The number of benzene rings is 3. The van der Waals surface area contributed by atoms with Crippen molar-refractivity contribution < 1.29 is 28.8 Å². The van der Waals surface area contributed by atoms with Gasteiger partial charge < -0.3 is 34.3 Å². The Morgan fingerprint density at radius 2 is 1.72 bits per heavy atom. The molecule has 200 valence electrons. The smallest absolute Gasteiger partial charge is 0.254 e. The van der Waals surface area contributed by atoms with Crippen LogP contribution in [0.15, 0.2) is 78.0 Å². The zero-order valence-corrected chi connectivity index (χ0v) is 22.1. The summed E-state index contributed by atoms with van der Waals surface area (Å²) in [5.41, 5.74) is -0.156. The van der Waals surface area contributed by atoms with Gasteiger partial charge in [-0.15, -0.1) is 0 Å². The minimum Gasteiger partial charge on any atom is -0.497 e. The number of fused-ring (bicyclic) bond motifs is 5. The van der Waals surface area contributed by atoms with E-state index in [0.29, 0.717) is 51.9 Å². The lowest BCUT2D eigenvalue weighted by Gasteiger charge is -2.41. The second-order valence-electron chi connectivity index (χ2n) is 10.4. The molecule has 0 spiro atoms. The van der Waals surface area contributed by atoms with Crippen molar-refractivity contribution in [1.82, 2.24) is 10.2 Å². The zero-order valence-electron chi connectivity index (χ0n) is 22.1. The van der Waals surface area contributed by atoms with Gasteiger partial charge >= 0.3 is 0 Å². The number of amides is 1. The third-order valence-electron chi connectivity index (χ3n) is 8.70. The Hall–Kier alpha value is -4.17. The Morgan fingerprint density at radius 3 is 2.41 bits per heavy atom. The molecule has 3 aromatic rings. The zero-order chi connectivity index (χ0) is 26.9. The van der Waals surface area contributed by atoms with Gasteiger partial charge in [-0.05, 0) is 30.5 Å². The Balaban J connectivity index is 1.59. The summed E-state index contributed by atoms with van der Waals surface area (Å²) >= 11 is 0. The highest BCUT2D eigenvalue weighted by Crippen LogP contribution is 2.70. The van der Waals surface area contributed by atoms with E-state index >= 15 is 0 Å². The second kappa shape index (κ2) is 8.41. The van der Waals surface area contributed by atoms with Crippen molar-refractivity contribution >= 4 is 5.91 Å². The molecule has 7 rings (SSSR count). The topological polar surface area (TPSA) is 89.5 Å². The van der Waals surface area contributed by atoms with Crippen LogP contribution >= 0.6 is 0 Å². The molecule has 3 heterocycles. The van der Waals surface area contributed by atoms with Gasteiger partial charge in [0.1, 0.15) is 29.2 Å². The highest BCUT2D eigenvalue weighted by molar-refractivity contribution is 6.00. The standard InChI is InChI=1S/C31H30N2O6/c1-36-20-13-11-19(12-14-20)31-26(18-8-5-4-6-9-18)25-28(32-24-10-7-15-33(24)29(25)34)30(31,35)27-22(38-3)16-21(37-2)17-23(27)39-31/h4-6,8-9,11-14,16-17,24,26,32,35H,7,10,15H2,1-3H3. The number of methoxy groups -OCH3 is 3. The van der Waals surface area contributed by atoms with Crippen LogP contribution in [-0.2, 0) is 16.0 Å². The quantitative estimate of drug-likeness (QED) is 0.523. The molecule has 4 atom stereocenters. The third-order valence-corrected chi connectivity index (χ3v) is 8.70. The van der Waals surface area contributed by atoms with E-state index in [-0.39, 0.29) is 12.1 Å². The molecule has 3 aromatic carbocycles. The van der Waals surface area contributed by atoms with Crippen molar-refractivity contribution in [2.75, 3.05) is 27.9 Å². The van der Waals surface area contributed by atoms with Gasteiger partial charge in [0.05, 0.1) is 44.1 Å². The van der Waals surface area contributed by atoms with Crippen molar-refractivity contribution in [2.24, 2.45) is 0 Å². The highest BCUT2D eigenvalue weighted by atomic mass is 16.5. The predicted octanol–water partition coefficient (Wildman–Crippen LogP) is 3.79. The molecule has 1 saturated heterocycles. The lowest BCUT2D eigenvalue weighted by Crippen LogP contribution is -2.54. The van der Waals surface area contributed by atoms with E-state index in [1.807, 2.05) is 59.5 Å². The SMILES string of the molecule is COc1ccc(C23Oc4cc(OC)cc(OC)c4C2(O)C2=C(C(=O)N4CCCC4N2)C3c2ccccc2)cc1. The number of rotatable bonds is 5. The molecule has 0 aromatic heterocycles. The molecular formula is C31H30N2O6. The summed E-state index contributed by atoms with van der Waals surface area (Å²) in [4.78, 5) is 16.2. The van der Waals surface area contributed by atoms with Crippen LogP contribution in [0, 0.1) is 0 Å². The first-order valence-corrected chi connectivity index (χ1v) is 13.2. The molecular weight excluding hydrogens is 496 g/mol. The summed E-state index contributed by atoms with van der Waals surface area (Å²) in [5, 5.41) is 16.9. The minimum absolute atomic E-state index is 0.0755. The van der Waals surface area contributed by atoms with E-state index < -0.39 is 17.1 Å². The van der Waals surface area contributed by atoms with Crippen LogP contribution < -0.4 is 24.3 Å². The molecule has 1 amide bonds. The maximum absolute atomic E-state index is 14.3. The molecule has 0 bridgehead atoms. The predicted molar refractivity (Wildman–Crippen MR) is 143 cm³/mol. The van der Waals surface area contributed by atoms with Crippen LogP contribution in [0.5, 0.6) is 23.0 Å². The summed E-state index contributed by atoms with van der Waals surface area (Å²) in [6, 6.07) is 20.8. The van der Waals surface area contributed by atoms with Crippen molar-refractivity contribution in [2.45, 2.75) is 36.1 Å². The van der Waals surface area contributed by atoms with Crippen molar-refractivity contribution in [3.8, 4) is 23.0 Å². The van der Waals surface area contributed by atoms with Gasteiger partial charge in [0.25, 0.3) is 5.91 Å². The first kappa shape index (κ1) is 23.9. The van der Waals surface area contributed by atoms with Crippen LogP contribution in [0.2, 0.25) is 0 Å². The van der Waals surface area contributed by atoms with E-state index in [2.05, 4.69) is 5.32 Å². The number of nitrogens with one attached hydrogen (secondary N) is 1. The van der Waals surface area contributed by atoms with Gasteiger partial charge in [-0.3, -0.25) is 4.79 Å². The average molecular weight is 527 g/mol. The molecule has 1 aliphatic carbocycles. The van der Waals surface area contributed by atoms with E-state index in [1.54, 1.807) is 33.5 Å². The number of aliphatic hydroxyl groups is 1. The molecule has 0 saturated carbocycles. The Kier molecular flexibility index (Phi) is 5.16. The average Bonchev–Trinajstić information content (AvgIpc) is 3.62. The van der Waals surface area contributed by atoms with Crippen LogP contribution in [-0.4, -0.2) is 50.0 Å². The summed E-state index contributed by atoms with van der Waals surface area (Å²) in [6.45, 7) is 0.667. The van der Waals surface area contributed by atoms with Crippen molar-refractivity contribution in [3.05, 3.63) is 94.7 Å². The normalized spacial score (nSPS) is 28.2. The molecule has 4 aliphatic rings. The van der Waals surface area contributed by atoms with Gasteiger partial charge in [-0.25, -0.2) is 0 Å². The van der Waals surface area contributed by atoms with E-state index in [4.69, 9.17) is 18.9 Å². The first-order chi connectivity index (χ1) is 19.0. The number of carbonyl (C=O) groups is 1. The van der Waals surface area contributed by atoms with Crippen LogP contribution in [0.1, 0.15) is 35.4 Å². The molecule has 8 nitrogen and oxygen atoms in total. The number of carbonyl (C=O) groups excluding carboxylic acids is 1. The van der Waals surface area contributed by atoms with E-state index in [9.17, 15) is 9.90 Å². The summed E-state index contributed by atoms with van der Waals surface area (Å²) < 4.78 is 23.8. The fourth-order valence-electron chi connectivity index (χ4n) is 7.05. The van der Waals surface area contributed by atoms with Gasteiger partial charge in [0.15, 0.2) is 11.2 Å². The maximum Gasteiger partial charge on any atom is 0.254 e. The largest absolute Gasteiger partial charge is 0.497 e. The van der Waals surface area contributed by atoms with E-state index in [0.717, 1.165) is 18.4 Å². The summed E-state index contributed by atoms with van der Waals surface area (Å²) in [7, 11) is 4.75. The fourth-order valence-corrected chi connectivity index (χ4v) is 7.05. The number of hydrogen-bond donors (Lipinski definition) is 2. The molecule has 2 N–H and O–H groups in total. The van der Waals surface area contributed by atoms with Crippen LogP contribution in [0.25, 0.3) is 0 Å². The number of nitrogens with zero attached hydrogens (tertiary/aromatic N) is 1.